The van der Waals surface area contributed by atoms with Crippen LogP contribution >= 0.6 is 12.4 Å². The van der Waals surface area contributed by atoms with Crippen LogP contribution in [-0.4, -0.2) is 24.6 Å². The van der Waals surface area contributed by atoms with Crippen molar-refractivity contribution in [3.8, 4) is 0 Å². The van der Waals surface area contributed by atoms with Gasteiger partial charge in [-0.1, -0.05) is 49.6 Å². The Kier molecular flexibility index (Phi) is 8.59. The lowest BCUT2D eigenvalue weighted by atomic mass is 9.82. The molecule has 5 heteroatoms. The second kappa shape index (κ2) is 9.91. The van der Waals surface area contributed by atoms with Gasteiger partial charge in [0.15, 0.2) is 0 Å². The van der Waals surface area contributed by atoms with Gasteiger partial charge < -0.3 is 15.8 Å². The van der Waals surface area contributed by atoms with Gasteiger partial charge >= 0.3 is 0 Å². The lowest BCUT2D eigenvalue weighted by Crippen LogP contribution is -2.55. The van der Waals surface area contributed by atoms with Crippen LogP contribution in [-0.2, 0) is 9.53 Å². The molecule has 1 fully saturated rings. The van der Waals surface area contributed by atoms with Crippen LogP contribution in [0.1, 0.15) is 57.1 Å². The van der Waals surface area contributed by atoms with Gasteiger partial charge in [0.05, 0.1) is 11.6 Å². The topological polar surface area (TPSA) is 64.3 Å². The average molecular weight is 341 g/mol. The molecule has 1 amide bonds. The molecule has 1 aromatic carbocycles. The largest absolute Gasteiger partial charge is 0.374 e. The van der Waals surface area contributed by atoms with Crippen molar-refractivity contribution in [3.05, 3.63) is 35.9 Å². The predicted molar refractivity (Wildman–Crippen MR) is 95.7 cm³/mol. The number of ether oxygens (including phenoxy) is 1. The molecule has 0 radical (unpaired) electrons. The minimum absolute atomic E-state index is 0. The molecular formula is C18H29ClN2O2. The Bertz CT molecular complexity index is 461. The van der Waals surface area contributed by atoms with Crippen LogP contribution in [0.15, 0.2) is 30.3 Å². The molecule has 1 aromatic rings. The van der Waals surface area contributed by atoms with Crippen LogP contribution < -0.4 is 11.1 Å². The van der Waals surface area contributed by atoms with Crippen molar-refractivity contribution >= 4 is 18.3 Å². The summed E-state index contributed by atoms with van der Waals surface area (Å²) in [5, 5.41) is 2.96. The van der Waals surface area contributed by atoms with Crippen molar-refractivity contribution in [2.24, 2.45) is 5.73 Å². The van der Waals surface area contributed by atoms with Crippen LogP contribution in [0.5, 0.6) is 0 Å². The van der Waals surface area contributed by atoms with Gasteiger partial charge in [0, 0.05) is 13.2 Å². The van der Waals surface area contributed by atoms with E-state index in [1.165, 1.54) is 12.0 Å². The van der Waals surface area contributed by atoms with Crippen molar-refractivity contribution < 1.29 is 9.53 Å². The van der Waals surface area contributed by atoms with Gasteiger partial charge in [-0.15, -0.1) is 12.4 Å². The van der Waals surface area contributed by atoms with Gasteiger partial charge in [0.25, 0.3) is 0 Å². The predicted octanol–water partition coefficient (Wildman–Crippen LogP) is 3.35. The summed E-state index contributed by atoms with van der Waals surface area (Å²) >= 11 is 0. The lowest BCUT2D eigenvalue weighted by Gasteiger charge is -2.31. The van der Waals surface area contributed by atoms with Crippen molar-refractivity contribution in [2.45, 2.75) is 57.1 Å². The number of nitrogens with two attached hydrogens (primary N) is 1. The van der Waals surface area contributed by atoms with E-state index in [4.69, 9.17) is 10.5 Å². The monoisotopic (exact) mass is 340 g/mol. The number of hydrogen-bond donors (Lipinski definition) is 2. The third-order valence-electron chi connectivity index (χ3n) is 4.44. The van der Waals surface area contributed by atoms with Crippen molar-refractivity contribution in [1.82, 2.24) is 5.32 Å². The molecule has 0 heterocycles. The highest BCUT2D eigenvalue weighted by Gasteiger charge is 2.34. The second-order valence-electron chi connectivity index (χ2n) is 6.25. The summed E-state index contributed by atoms with van der Waals surface area (Å²) in [6.45, 7) is 3.30. The number of hydrogen-bond acceptors (Lipinski definition) is 3. The van der Waals surface area contributed by atoms with Crippen molar-refractivity contribution in [2.75, 3.05) is 13.2 Å². The molecule has 0 bridgehead atoms. The Balaban J connectivity index is 0.00000264. The van der Waals surface area contributed by atoms with E-state index < -0.39 is 5.54 Å². The smallest absolute Gasteiger partial charge is 0.240 e. The van der Waals surface area contributed by atoms with Gasteiger partial charge in [-0.25, -0.2) is 0 Å². The molecule has 3 N–H and O–H groups in total. The Morgan fingerprint density at radius 2 is 1.91 bits per heavy atom. The molecule has 2 rings (SSSR count). The summed E-state index contributed by atoms with van der Waals surface area (Å²) in [6, 6.07) is 10.2. The van der Waals surface area contributed by atoms with E-state index >= 15 is 0 Å². The third kappa shape index (κ3) is 6.13. The Morgan fingerprint density at radius 3 is 2.57 bits per heavy atom. The molecule has 0 aromatic heterocycles. The summed E-state index contributed by atoms with van der Waals surface area (Å²) in [7, 11) is 0. The van der Waals surface area contributed by atoms with Crippen LogP contribution in [0.3, 0.4) is 0 Å². The molecule has 1 aliphatic carbocycles. The third-order valence-corrected chi connectivity index (χ3v) is 4.44. The number of amides is 1. The maximum absolute atomic E-state index is 12.2. The molecule has 0 spiro atoms. The van der Waals surface area contributed by atoms with E-state index in [0.717, 1.165) is 32.1 Å². The van der Waals surface area contributed by atoms with Gasteiger partial charge in [0.1, 0.15) is 0 Å². The number of benzene rings is 1. The number of nitrogens with one attached hydrogen (secondary N) is 1. The standard InChI is InChI=1S/C18H28N2O2.ClH/c1-15(16-9-4-2-5-10-16)22-14-8-13-20-17(21)18(19)11-6-3-7-12-18;/h2,4-5,9-10,15H,3,6-8,11-14,19H2,1H3,(H,20,21);1H. The van der Waals surface area contributed by atoms with E-state index in [2.05, 4.69) is 17.4 Å². The zero-order valence-electron chi connectivity index (χ0n) is 13.9. The number of halogens is 1. The van der Waals surface area contributed by atoms with E-state index in [9.17, 15) is 4.79 Å². The SMILES string of the molecule is CC(OCCCNC(=O)C1(N)CCCCC1)c1ccccc1.Cl. The zero-order chi connectivity index (χ0) is 15.8. The minimum Gasteiger partial charge on any atom is -0.374 e. The molecule has 1 unspecified atom stereocenters. The Morgan fingerprint density at radius 1 is 1.26 bits per heavy atom. The molecule has 130 valence electrons. The van der Waals surface area contributed by atoms with Crippen LogP contribution in [0.25, 0.3) is 0 Å². The molecule has 4 nitrogen and oxygen atoms in total. The normalized spacial score (nSPS) is 17.8. The fourth-order valence-electron chi connectivity index (χ4n) is 2.94. The maximum Gasteiger partial charge on any atom is 0.240 e. The van der Waals surface area contributed by atoms with Gasteiger partial charge in [-0.2, -0.15) is 0 Å². The zero-order valence-corrected chi connectivity index (χ0v) is 14.7. The maximum atomic E-state index is 12.2. The average Bonchev–Trinajstić information content (AvgIpc) is 2.55. The van der Waals surface area contributed by atoms with E-state index in [0.29, 0.717) is 13.2 Å². The number of carbonyl (C=O) groups is 1. The summed E-state index contributed by atoms with van der Waals surface area (Å²) in [5.41, 5.74) is 6.73. The van der Waals surface area contributed by atoms with Crippen LogP contribution in [0.2, 0.25) is 0 Å². The Hall–Kier alpha value is -1.10. The minimum atomic E-state index is -0.642. The lowest BCUT2D eigenvalue weighted by molar-refractivity contribution is -0.127. The molecule has 0 aliphatic heterocycles. The molecule has 1 aliphatic rings. The fraction of sp³-hybridized carbons (Fsp3) is 0.611. The first-order chi connectivity index (χ1) is 10.6. The van der Waals surface area contributed by atoms with Gasteiger partial charge in [-0.05, 0) is 31.7 Å². The number of rotatable bonds is 7. The Labute approximate surface area is 145 Å². The fourth-order valence-corrected chi connectivity index (χ4v) is 2.94. The number of carbonyl (C=O) groups excluding carboxylic acids is 1. The summed E-state index contributed by atoms with van der Waals surface area (Å²) in [6.07, 6.45) is 5.80. The van der Waals surface area contributed by atoms with E-state index in [-0.39, 0.29) is 24.4 Å². The van der Waals surface area contributed by atoms with Gasteiger partial charge in [0.2, 0.25) is 5.91 Å². The molecular weight excluding hydrogens is 312 g/mol. The molecule has 0 saturated heterocycles. The first-order valence-electron chi connectivity index (χ1n) is 8.35. The van der Waals surface area contributed by atoms with Crippen molar-refractivity contribution in [1.29, 1.82) is 0 Å². The van der Waals surface area contributed by atoms with Gasteiger partial charge in [-0.3, -0.25) is 4.79 Å². The molecule has 1 atom stereocenters. The first-order valence-corrected chi connectivity index (χ1v) is 8.35. The van der Waals surface area contributed by atoms with E-state index in [1.54, 1.807) is 0 Å². The summed E-state index contributed by atoms with van der Waals surface area (Å²) in [5.74, 6) is 0.00306. The highest BCUT2D eigenvalue weighted by atomic mass is 35.5. The first kappa shape index (κ1) is 19.9. The van der Waals surface area contributed by atoms with Crippen molar-refractivity contribution in [3.63, 3.8) is 0 Å². The highest BCUT2D eigenvalue weighted by Crippen LogP contribution is 2.25. The van der Waals surface area contributed by atoms with E-state index in [1.807, 2.05) is 25.1 Å². The molecule has 23 heavy (non-hydrogen) atoms. The summed E-state index contributed by atoms with van der Waals surface area (Å²) in [4.78, 5) is 12.2. The van der Waals surface area contributed by atoms with Crippen LogP contribution in [0, 0.1) is 0 Å². The van der Waals surface area contributed by atoms with Crippen LogP contribution in [0.4, 0.5) is 0 Å². The molecule has 1 saturated carbocycles. The highest BCUT2D eigenvalue weighted by molar-refractivity contribution is 5.86. The quantitative estimate of drug-likeness (QED) is 0.748. The second-order valence-corrected chi connectivity index (χ2v) is 6.25. The summed E-state index contributed by atoms with van der Waals surface area (Å²) < 4.78 is 5.80.